The van der Waals surface area contributed by atoms with E-state index in [1.165, 1.54) is 6.92 Å². The van der Waals surface area contributed by atoms with Crippen LogP contribution >= 0.6 is 35.7 Å². The first-order chi connectivity index (χ1) is 10.8. The Bertz CT molecular complexity index is 400. The van der Waals surface area contributed by atoms with E-state index >= 15 is 0 Å². The summed E-state index contributed by atoms with van der Waals surface area (Å²) in [5.74, 6) is -1.94. The Kier molecular flexibility index (Phi) is 12.4. The van der Waals surface area contributed by atoms with E-state index in [9.17, 15) is 19.5 Å². The lowest BCUT2D eigenvalue weighted by atomic mass is 10.1. The van der Waals surface area contributed by atoms with E-state index in [1.54, 1.807) is 0 Å². The number of hydrogen-bond acceptors (Lipinski definition) is 7. The molecule has 0 aliphatic heterocycles. The zero-order valence-corrected chi connectivity index (χ0v) is 15.8. The minimum Gasteiger partial charge on any atom is -0.480 e. The highest BCUT2D eigenvalue weighted by Crippen LogP contribution is 2.04. The number of hydrogen-bond donors (Lipinski definition) is 7. The first kappa shape index (κ1) is 22.4. The third-order valence-corrected chi connectivity index (χ3v) is 3.89. The van der Waals surface area contributed by atoms with E-state index in [0.717, 1.165) is 0 Å². The Morgan fingerprint density at radius 3 is 2.39 bits per heavy atom. The molecule has 0 radical (unpaired) electrons. The number of thiol groups is 1. The molecule has 0 aromatic carbocycles. The normalized spacial score (nSPS) is 14.6. The van der Waals surface area contributed by atoms with Crippen molar-refractivity contribution in [3.8, 4) is 0 Å². The minimum atomic E-state index is -1.34. The van der Waals surface area contributed by atoms with E-state index < -0.39 is 30.1 Å². The van der Waals surface area contributed by atoms with Crippen molar-refractivity contribution in [2.24, 2.45) is 0 Å². The van der Waals surface area contributed by atoms with Crippen molar-refractivity contribution < 1.29 is 24.6 Å². The van der Waals surface area contributed by atoms with Gasteiger partial charge in [0.2, 0.25) is 11.8 Å². The molecule has 0 aromatic rings. The topological polar surface area (TPSA) is 140 Å². The zero-order chi connectivity index (χ0) is 17.8. The molecule has 3 atom stereocenters. The van der Waals surface area contributed by atoms with Gasteiger partial charge in [0.1, 0.15) is 0 Å². The number of amides is 2. The molecule has 0 aliphatic carbocycles. The quantitative estimate of drug-likeness (QED) is 0.0852. The average molecular weight is 462 g/mol. The summed E-state index contributed by atoms with van der Waals surface area (Å²) in [6.07, 6.45) is 0.623. The molecule has 0 saturated heterocycles. The summed E-state index contributed by atoms with van der Waals surface area (Å²) in [6.45, 7) is 1.91. The van der Waals surface area contributed by atoms with Crippen LogP contribution in [0.1, 0.15) is 26.2 Å². The molecule has 6 N–H and O–H groups in total. The van der Waals surface area contributed by atoms with Crippen LogP contribution < -0.4 is 18.9 Å². The Labute approximate surface area is 154 Å². The van der Waals surface area contributed by atoms with E-state index in [0.29, 0.717) is 25.8 Å². The number of aliphatic carboxylic acids is 1. The van der Waals surface area contributed by atoms with Gasteiger partial charge in [-0.05, 0) is 26.2 Å². The maximum absolute atomic E-state index is 12.0. The van der Waals surface area contributed by atoms with Crippen molar-refractivity contribution in [3.05, 3.63) is 0 Å². The molecule has 134 valence electrons. The van der Waals surface area contributed by atoms with Crippen LogP contribution in [0.25, 0.3) is 0 Å². The van der Waals surface area contributed by atoms with E-state index in [1.807, 2.05) is 22.9 Å². The zero-order valence-electron chi connectivity index (χ0n) is 12.7. The Morgan fingerprint density at radius 1 is 1.26 bits per heavy atom. The van der Waals surface area contributed by atoms with Crippen molar-refractivity contribution >= 4 is 53.5 Å². The predicted molar refractivity (Wildman–Crippen MR) is 96.0 cm³/mol. The third-order valence-electron chi connectivity index (χ3n) is 2.98. The maximum atomic E-state index is 12.0. The number of aliphatic hydroxyl groups is 1. The molecule has 0 bridgehead atoms. The lowest BCUT2D eigenvalue weighted by molar-refractivity contribution is -0.145. The molecule has 0 fully saturated rings. The monoisotopic (exact) mass is 462 g/mol. The second-order valence-electron chi connectivity index (χ2n) is 4.91. The summed E-state index contributed by atoms with van der Waals surface area (Å²) in [4.78, 5) is 34.1. The second-order valence-corrected chi connectivity index (χ2v) is 5.85. The Hall–Kier alpha value is -0.630. The highest BCUT2D eigenvalue weighted by atomic mass is 127. The number of carbonyl (C=O) groups excluding carboxylic acids is 2. The number of carbonyl (C=O) groups is 3. The van der Waals surface area contributed by atoms with Crippen molar-refractivity contribution in [2.75, 3.05) is 13.1 Å². The molecule has 0 aliphatic rings. The molecule has 0 heterocycles. The minimum absolute atomic E-state index is 0.124. The Balaban J connectivity index is 4.16. The van der Waals surface area contributed by atoms with Crippen LogP contribution in [0.15, 0.2) is 0 Å². The summed E-state index contributed by atoms with van der Waals surface area (Å²) in [6, 6.07) is -1.92. The fraction of sp³-hybridized carbons (Fsp3) is 0.750. The fourth-order valence-corrected chi connectivity index (χ4v) is 2.45. The van der Waals surface area contributed by atoms with Gasteiger partial charge in [-0.3, -0.25) is 14.3 Å². The molecule has 23 heavy (non-hydrogen) atoms. The highest BCUT2D eigenvalue weighted by Gasteiger charge is 2.27. The van der Waals surface area contributed by atoms with Gasteiger partial charge in [0.15, 0.2) is 6.04 Å². The number of rotatable bonds is 12. The van der Waals surface area contributed by atoms with Gasteiger partial charge in [-0.15, -0.1) is 0 Å². The maximum Gasteiger partial charge on any atom is 0.328 e. The number of unbranched alkanes of at least 4 members (excludes halogenated alkanes) is 1. The molecule has 0 rings (SSSR count). The molecule has 0 saturated carbocycles. The fourth-order valence-electron chi connectivity index (χ4n) is 1.71. The Morgan fingerprint density at radius 2 is 1.91 bits per heavy atom. The van der Waals surface area contributed by atoms with Gasteiger partial charge in [-0.2, -0.15) is 0 Å². The molecular weight excluding hydrogens is 439 g/mol. The molecule has 0 spiro atoms. The van der Waals surface area contributed by atoms with Gasteiger partial charge in [0.05, 0.1) is 18.7 Å². The molecule has 11 heteroatoms. The van der Waals surface area contributed by atoms with Crippen molar-refractivity contribution in [1.82, 2.24) is 18.9 Å². The summed E-state index contributed by atoms with van der Waals surface area (Å²) >= 11 is 5.54. The van der Waals surface area contributed by atoms with Crippen molar-refractivity contribution in [1.29, 1.82) is 0 Å². The van der Waals surface area contributed by atoms with Crippen molar-refractivity contribution in [2.45, 2.75) is 44.4 Å². The second kappa shape index (κ2) is 12.8. The molecular formula is C12H23IN4O5S. The lowest BCUT2D eigenvalue weighted by Crippen LogP contribution is -2.52. The van der Waals surface area contributed by atoms with Crippen LogP contribution in [-0.4, -0.2) is 59.3 Å². The van der Waals surface area contributed by atoms with Gasteiger partial charge in [-0.1, -0.05) is 12.8 Å². The largest absolute Gasteiger partial charge is 0.480 e. The summed E-state index contributed by atoms with van der Waals surface area (Å²) < 4.78 is 5.22. The number of aliphatic hydroxyl groups excluding tert-OH is 1. The number of halogens is 1. The highest BCUT2D eigenvalue weighted by molar-refractivity contribution is 14.1. The smallest absolute Gasteiger partial charge is 0.328 e. The van der Waals surface area contributed by atoms with E-state index in [-0.39, 0.29) is 12.5 Å². The van der Waals surface area contributed by atoms with Gasteiger partial charge in [0.25, 0.3) is 0 Å². The average Bonchev–Trinajstić information content (AvgIpc) is 2.47. The summed E-state index contributed by atoms with van der Waals surface area (Å²) in [7, 11) is 0. The summed E-state index contributed by atoms with van der Waals surface area (Å²) in [5, 5.41) is 23.3. The van der Waals surface area contributed by atoms with E-state index in [2.05, 4.69) is 31.7 Å². The lowest BCUT2D eigenvalue weighted by Gasteiger charge is -2.21. The standard InChI is InChI=1S/C12H23IN4O5S/c1-7(18)10(12(21)22)16-11(20)8(17-13)4-2-3-5-14-9(19)6-15-23/h7-8,10,15,17-18,23H,2-6H2,1H3,(H,14,19)(H,16,20)(H,21,22)/t7-,8+,10+/m1/s1. The van der Waals surface area contributed by atoms with Crippen LogP contribution in [0.5, 0.6) is 0 Å². The first-order valence-electron chi connectivity index (χ1n) is 7.04. The first-order valence-corrected chi connectivity index (χ1v) is 8.57. The van der Waals surface area contributed by atoms with Gasteiger partial charge in [0, 0.05) is 29.4 Å². The van der Waals surface area contributed by atoms with Crippen LogP contribution in [-0.2, 0) is 14.4 Å². The van der Waals surface area contributed by atoms with Gasteiger partial charge < -0.3 is 20.8 Å². The molecule has 0 unspecified atom stereocenters. The number of nitrogens with one attached hydrogen (secondary N) is 4. The molecule has 0 aromatic heterocycles. The SMILES string of the molecule is C[C@@H](O)[C@H](NC(=O)[C@H](CCCCNC(=O)CNS)NI)C(=O)O. The van der Waals surface area contributed by atoms with Crippen molar-refractivity contribution in [3.63, 3.8) is 0 Å². The molecule has 2 amide bonds. The van der Waals surface area contributed by atoms with E-state index in [4.69, 9.17) is 5.11 Å². The van der Waals surface area contributed by atoms with Crippen LogP contribution in [0.3, 0.4) is 0 Å². The van der Waals surface area contributed by atoms with Crippen LogP contribution in [0, 0.1) is 0 Å². The number of carboxylic acid groups (broad SMARTS) is 1. The van der Waals surface area contributed by atoms with Crippen LogP contribution in [0.4, 0.5) is 0 Å². The summed E-state index contributed by atoms with van der Waals surface area (Å²) in [5.41, 5.74) is 0. The van der Waals surface area contributed by atoms with Crippen LogP contribution in [0.2, 0.25) is 0 Å². The predicted octanol–water partition coefficient (Wildman–Crippen LogP) is -1.03. The van der Waals surface area contributed by atoms with Gasteiger partial charge >= 0.3 is 5.97 Å². The van der Waals surface area contributed by atoms with Gasteiger partial charge in [-0.25, -0.2) is 8.32 Å². The molecule has 9 nitrogen and oxygen atoms in total. The third kappa shape index (κ3) is 9.96. The number of carboxylic acids is 1.